The highest BCUT2D eigenvalue weighted by Gasteiger charge is 2.21. The topological polar surface area (TPSA) is 88.3 Å². The van der Waals surface area contributed by atoms with E-state index in [2.05, 4.69) is 16.9 Å². The predicted octanol–water partition coefficient (Wildman–Crippen LogP) is 3.52. The summed E-state index contributed by atoms with van der Waals surface area (Å²) in [5.74, 6) is 0. The van der Waals surface area contributed by atoms with Gasteiger partial charge in [-0.05, 0) is 24.6 Å². The quantitative estimate of drug-likeness (QED) is 0.253. The number of nitro benzene ring substituents is 1. The number of nitro groups is 1. The van der Waals surface area contributed by atoms with Crippen molar-refractivity contribution < 1.29 is 10.0 Å². The summed E-state index contributed by atoms with van der Waals surface area (Å²) in [5, 5.41) is 25.3. The van der Waals surface area contributed by atoms with Crippen LogP contribution in [0.4, 0.5) is 11.4 Å². The summed E-state index contributed by atoms with van der Waals surface area (Å²) in [6.45, 7) is 5.38. The van der Waals surface area contributed by atoms with Gasteiger partial charge in [0, 0.05) is 11.5 Å². The van der Waals surface area contributed by atoms with Crippen LogP contribution >= 0.6 is 0 Å². The van der Waals surface area contributed by atoms with Crippen molar-refractivity contribution in [3.05, 3.63) is 64.7 Å². The van der Waals surface area contributed by atoms with Gasteiger partial charge in [-0.1, -0.05) is 30.8 Å². The highest BCUT2D eigenvalue weighted by atomic mass is 16.6. The van der Waals surface area contributed by atoms with E-state index in [4.69, 9.17) is 0 Å². The van der Waals surface area contributed by atoms with Crippen molar-refractivity contribution in [1.82, 2.24) is 4.98 Å². The van der Waals surface area contributed by atoms with Crippen LogP contribution in [-0.4, -0.2) is 21.2 Å². The molecule has 0 aliphatic carbocycles. The molecule has 1 heterocycles. The molecule has 0 amide bonds. The molecular formula is C17H15N3O3. The van der Waals surface area contributed by atoms with Gasteiger partial charge in [0.1, 0.15) is 11.6 Å². The van der Waals surface area contributed by atoms with Gasteiger partial charge in [-0.15, -0.1) is 0 Å². The van der Waals surface area contributed by atoms with Crippen LogP contribution < -0.4 is 5.32 Å². The Labute approximate surface area is 132 Å². The number of non-ortho nitro benzene ring substituents is 1. The Morgan fingerprint density at radius 2 is 2.09 bits per heavy atom. The van der Waals surface area contributed by atoms with E-state index in [1.54, 1.807) is 6.07 Å². The number of aliphatic hydroxyl groups is 1. The third-order valence-corrected chi connectivity index (χ3v) is 3.73. The molecule has 0 saturated heterocycles. The van der Waals surface area contributed by atoms with Crippen molar-refractivity contribution in [3.8, 4) is 0 Å². The lowest BCUT2D eigenvalue weighted by molar-refractivity contribution is -0.383. The zero-order chi connectivity index (χ0) is 16.6. The molecule has 0 saturated carbocycles. The molecule has 1 aromatic heterocycles. The molecule has 3 aromatic rings. The maximum Gasteiger partial charge on any atom is 0.280 e. The fourth-order valence-electron chi connectivity index (χ4n) is 2.62. The van der Waals surface area contributed by atoms with Gasteiger partial charge in [0.25, 0.3) is 5.69 Å². The molecule has 0 aliphatic heterocycles. The first kappa shape index (κ1) is 14.9. The number of nitrogens with zero attached hydrogens (tertiary/aromatic N) is 2. The van der Waals surface area contributed by atoms with E-state index in [1.807, 2.05) is 31.2 Å². The average molecular weight is 309 g/mol. The van der Waals surface area contributed by atoms with E-state index in [0.29, 0.717) is 27.5 Å². The van der Waals surface area contributed by atoms with Crippen LogP contribution in [0.1, 0.15) is 5.56 Å². The van der Waals surface area contributed by atoms with Crippen molar-refractivity contribution in [2.45, 2.75) is 13.2 Å². The van der Waals surface area contributed by atoms with Crippen molar-refractivity contribution in [3.63, 3.8) is 0 Å². The first-order valence-corrected chi connectivity index (χ1v) is 7.06. The van der Waals surface area contributed by atoms with Crippen LogP contribution in [0.15, 0.2) is 49.1 Å². The molecule has 23 heavy (non-hydrogen) atoms. The Morgan fingerprint density at radius 1 is 1.35 bits per heavy atom. The molecule has 2 N–H and O–H groups in total. The first-order chi connectivity index (χ1) is 11.0. The number of aromatic nitrogens is 1. The summed E-state index contributed by atoms with van der Waals surface area (Å²) in [6.07, 6.45) is 0.298. The molecule has 0 radical (unpaired) electrons. The Kier molecular flexibility index (Phi) is 3.67. The fourth-order valence-corrected chi connectivity index (χ4v) is 2.62. The van der Waals surface area contributed by atoms with Gasteiger partial charge < -0.3 is 10.4 Å². The number of rotatable bonds is 4. The van der Waals surface area contributed by atoms with Crippen molar-refractivity contribution in [1.29, 1.82) is 0 Å². The minimum atomic E-state index is -1.02. The largest absolute Gasteiger partial charge is 0.370 e. The standard InChI is InChI=1S/C17H15N3O3/c1-3-14(21)19-17-11-6-4-5-7-12(11)18-16-10(2)8-9-13(15(16)17)20(22)23/h3-9,14,21H,1H2,2H3,(H,18,19). The maximum atomic E-state index is 11.4. The summed E-state index contributed by atoms with van der Waals surface area (Å²) in [6, 6.07) is 10.4. The number of aryl methyl sites for hydroxylation is 1. The molecule has 0 spiro atoms. The van der Waals surface area contributed by atoms with Crippen LogP contribution in [-0.2, 0) is 0 Å². The van der Waals surface area contributed by atoms with E-state index in [0.717, 1.165) is 5.56 Å². The number of fused-ring (bicyclic) bond motifs is 2. The van der Waals surface area contributed by atoms with Crippen LogP contribution in [0, 0.1) is 17.0 Å². The third kappa shape index (κ3) is 2.49. The van der Waals surface area contributed by atoms with E-state index >= 15 is 0 Å². The molecule has 1 unspecified atom stereocenters. The smallest absolute Gasteiger partial charge is 0.280 e. The number of benzene rings is 2. The van der Waals surface area contributed by atoms with Gasteiger partial charge in [-0.2, -0.15) is 0 Å². The van der Waals surface area contributed by atoms with Gasteiger partial charge in [0.2, 0.25) is 0 Å². The van der Waals surface area contributed by atoms with E-state index in [9.17, 15) is 15.2 Å². The van der Waals surface area contributed by atoms with Crippen molar-refractivity contribution in [2.24, 2.45) is 0 Å². The van der Waals surface area contributed by atoms with Crippen LogP contribution in [0.3, 0.4) is 0 Å². The number of pyridine rings is 1. The van der Waals surface area contributed by atoms with Gasteiger partial charge in [-0.25, -0.2) is 4.98 Å². The lowest BCUT2D eigenvalue weighted by Gasteiger charge is -2.16. The molecule has 3 rings (SSSR count). The Morgan fingerprint density at radius 3 is 2.78 bits per heavy atom. The van der Waals surface area contributed by atoms with Crippen LogP contribution in [0.25, 0.3) is 21.8 Å². The second-order valence-electron chi connectivity index (χ2n) is 5.21. The second kappa shape index (κ2) is 5.66. The first-order valence-electron chi connectivity index (χ1n) is 7.06. The molecule has 2 aromatic carbocycles. The molecule has 1 atom stereocenters. The molecule has 6 heteroatoms. The zero-order valence-corrected chi connectivity index (χ0v) is 12.5. The summed E-state index contributed by atoms with van der Waals surface area (Å²) < 4.78 is 0. The maximum absolute atomic E-state index is 11.4. The normalized spacial score (nSPS) is 12.3. The van der Waals surface area contributed by atoms with Crippen molar-refractivity contribution in [2.75, 3.05) is 5.32 Å². The minimum absolute atomic E-state index is 0.0531. The average Bonchev–Trinajstić information content (AvgIpc) is 2.55. The second-order valence-corrected chi connectivity index (χ2v) is 5.21. The Hall–Kier alpha value is -2.99. The molecular weight excluding hydrogens is 294 g/mol. The van der Waals surface area contributed by atoms with E-state index in [-0.39, 0.29) is 5.69 Å². The number of nitrogens with one attached hydrogen (secondary N) is 1. The monoisotopic (exact) mass is 309 g/mol. The Bertz CT molecular complexity index is 937. The zero-order valence-electron chi connectivity index (χ0n) is 12.5. The summed E-state index contributed by atoms with van der Waals surface area (Å²) in [4.78, 5) is 15.6. The van der Waals surface area contributed by atoms with Crippen LogP contribution in [0.2, 0.25) is 0 Å². The minimum Gasteiger partial charge on any atom is -0.370 e. The van der Waals surface area contributed by atoms with Gasteiger partial charge in [0.15, 0.2) is 0 Å². The Balaban J connectivity index is 2.51. The molecule has 0 bridgehead atoms. The SMILES string of the molecule is C=CC(O)Nc1c2ccccc2nc2c(C)ccc([N+](=O)[O-])c12. The molecule has 0 fully saturated rings. The number of hydrogen-bond acceptors (Lipinski definition) is 5. The third-order valence-electron chi connectivity index (χ3n) is 3.73. The lowest BCUT2D eigenvalue weighted by Crippen LogP contribution is -2.16. The number of para-hydroxylation sites is 1. The molecule has 116 valence electrons. The van der Waals surface area contributed by atoms with Crippen LogP contribution in [0.5, 0.6) is 0 Å². The number of aliphatic hydroxyl groups excluding tert-OH is 1. The van der Waals surface area contributed by atoms with E-state index < -0.39 is 11.2 Å². The fraction of sp³-hybridized carbons (Fsp3) is 0.118. The highest BCUT2D eigenvalue weighted by Crippen LogP contribution is 2.38. The number of anilines is 1. The van der Waals surface area contributed by atoms with Gasteiger partial charge >= 0.3 is 0 Å². The number of hydrogen-bond donors (Lipinski definition) is 2. The molecule has 0 aliphatic rings. The predicted molar refractivity (Wildman–Crippen MR) is 90.5 cm³/mol. The summed E-state index contributed by atoms with van der Waals surface area (Å²) in [5.41, 5.74) is 2.49. The molecule has 6 nitrogen and oxygen atoms in total. The van der Waals surface area contributed by atoms with Gasteiger partial charge in [0.05, 0.1) is 21.6 Å². The lowest BCUT2D eigenvalue weighted by atomic mass is 10.0. The van der Waals surface area contributed by atoms with Gasteiger partial charge in [-0.3, -0.25) is 10.1 Å². The van der Waals surface area contributed by atoms with E-state index in [1.165, 1.54) is 12.1 Å². The summed E-state index contributed by atoms with van der Waals surface area (Å²) in [7, 11) is 0. The highest BCUT2D eigenvalue weighted by molar-refractivity contribution is 6.12. The van der Waals surface area contributed by atoms with Crippen molar-refractivity contribution >= 4 is 33.2 Å². The summed E-state index contributed by atoms with van der Waals surface area (Å²) >= 11 is 0.